The number of halogens is 1. The molecule has 1 aromatic carbocycles. The Morgan fingerprint density at radius 1 is 1.32 bits per heavy atom. The summed E-state index contributed by atoms with van der Waals surface area (Å²) in [6.45, 7) is 1.27. The summed E-state index contributed by atoms with van der Waals surface area (Å²) in [6.07, 6.45) is 1.78. The number of hydrogen-bond donors (Lipinski definition) is 1. The number of likely N-dealkylation sites (N-methyl/N-ethyl adjacent to an activating group) is 1. The molecular weight excluding hydrogens is 262 g/mol. The minimum Gasteiger partial charge on any atom is -0.397 e. The van der Waals surface area contributed by atoms with E-state index < -0.39 is 0 Å². The number of benzene rings is 1. The van der Waals surface area contributed by atoms with E-state index in [9.17, 15) is 4.79 Å². The molecule has 2 rings (SSSR count). The molecule has 0 saturated carbocycles. The zero-order chi connectivity index (χ0) is 13.8. The molecular formula is C14H16ClN3O. The Morgan fingerprint density at radius 3 is 2.84 bits per heavy atom. The van der Waals surface area contributed by atoms with Crippen LogP contribution in [0.4, 0.5) is 11.4 Å². The smallest absolute Gasteiger partial charge is 0.250 e. The van der Waals surface area contributed by atoms with Crippen LogP contribution in [0.3, 0.4) is 0 Å². The van der Waals surface area contributed by atoms with Crippen molar-refractivity contribution in [1.82, 2.24) is 4.57 Å². The highest BCUT2D eigenvalue weighted by atomic mass is 35.5. The Kier molecular flexibility index (Phi) is 4.12. The lowest BCUT2D eigenvalue weighted by Crippen LogP contribution is -2.28. The van der Waals surface area contributed by atoms with Crippen LogP contribution in [0, 0.1) is 0 Å². The first-order chi connectivity index (χ1) is 9.08. The normalized spacial score (nSPS) is 10.4. The van der Waals surface area contributed by atoms with Gasteiger partial charge in [-0.15, -0.1) is 0 Å². The quantitative estimate of drug-likeness (QED) is 0.872. The summed E-state index contributed by atoms with van der Waals surface area (Å²) in [5.41, 5.74) is 7.46. The summed E-state index contributed by atoms with van der Waals surface area (Å²) in [5, 5.41) is 0.646. The average molecular weight is 278 g/mol. The fourth-order valence-electron chi connectivity index (χ4n) is 1.87. The van der Waals surface area contributed by atoms with Crippen LogP contribution in [0.2, 0.25) is 5.02 Å². The fourth-order valence-corrected chi connectivity index (χ4v) is 2.04. The Balaban J connectivity index is 2.10. The van der Waals surface area contributed by atoms with Crippen LogP contribution in [0.1, 0.15) is 0 Å². The fraction of sp³-hybridized carbons (Fsp3) is 0.214. The number of nitrogens with two attached hydrogens (primary N) is 1. The van der Waals surface area contributed by atoms with Gasteiger partial charge in [-0.05, 0) is 24.3 Å². The molecule has 2 N–H and O–H groups in total. The Morgan fingerprint density at radius 2 is 2.11 bits per heavy atom. The zero-order valence-electron chi connectivity index (χ0n) is 10.7. The van der Waals surface area contributed by atoms with Crippen molar-refractivity contribution in [2.24, 2.45) is 0 Å². The molecule has 19 heavy (non-hydrogen) atoms. The maximum absolute atomic E-state index is 11.6. The van der Waals surface area contributed by atoms with Gasteiger partial charge in [0.1, 0.15) is 0 Å². The van der Waals surface area contributed by atoms with Gasteiger partial charge in [0.05, 0.1) is 11.4 Å². The van der Waals surface area contributed by atoms with Crippen molar-refractivity contribution in [3.05, 3.63) is 58.0 Å². The summed E-state index contributed by atoms with van der Waals surface area (Å²) in [7, 11) is 1.93. The second kappa shape index (κ2) is 5.80. The highest BCUT2D eigenvalue weighted by Crippen LogP contribution is 2.25. The summed E-state index contributed by atoms with van der Waals surface area (Å²) in [5.74, 6) is 0. The number of aromatic nitrogens is 1. The molecule has 0 spiro atoms. The van der Waals surface area contributed by atoms with Gasteiger partial charge in [-0.3, -0.25) is 4.79 Å². The number of anilines is 2. The topological polar surface area (TPSA) is 51.3 Å². The molecule has 0 bridgehead atoms. The number of rotatable bonds is 4. The minimum absolute atomic E-state index is 0.00466. The number of nitrogen functional groups attached to an aromatic ring is 1. The molecule has 0 radical (unpaired) electrons. The first-order valence-electron chi connectivity index (χ1n) is 5.99. The molecule has 4 nitrogen and oxygen atoms in total. The second-order valence-electron chi connectivity index (χ2n) is 4.36. The molecule has 0 atom stereocenters. The first-order valence-corrected chi connectivity index (χ1v) is 6.37. The zero-order valence-corrected chi connectivity index (χ0v) is 11.5. The number of pyridine rings is 1. The van der Waals surface area contributed by atoms with Gasteiger partial charge in [0.15, 0.2) is 0 Å². The minimum atomic E-state index is -0.00466. The Labute approximate surface area is 117 Å². The predicted octanol–water partition coefficient (Wildman–Crippen LogP) is 2.22. The SMILES string of the molecule is CN(CCn1ccccc1=O)c1cc(Cl)ccc1N. The van der Waals surface area contributed by atoms with Gasteiger partial charge in [0.25, 0.3) is 5.56 Å². The number of hydrogen-bond acceptors (Lipinski definition) is 3. The maximum Gasteiger partial charge on any atom is 0.250 e. The standard InChI is InChI=1S/C14H16ClN3O/c1-17(13-10-11(15)5-6-12(13)16)8-9-18-7-3-2-4-14(18)19/h2-7,10H,8-9,16H2,1H3. The van der Waals surface area contributed by atoms with Crippen molar-refractivity contribution in [3.63, 3.8) is 0 Å². The van der Waals surface area contributed by atoms with Crippen LogP contribution in [-0.4, -0.2) is 18.2 Å². The molecule has 5 heteroatoms. The van der Waals surface area contributed by atoms with Gasteiger partial charge in [0, 0.05) is 37.4 Å². The van der Waals surface area contributed by atoms with Crippen molar-refractivity contribution in [2.75, 3.05) is 24.2 Å². The molecule has 0 aliphatic rings. The van der Waals surface area contributed by atoms with E-state index in [0.29, 0.717) is 23.8 Å². The van der Waals surface area contributed by atoms with Crippen LogP contribution in [0.5, 0.6) is 0 Å². The van der Waals surface area contributed by atoms with Gasteiger partial charge in [-0.25, -0.2) is 0 Å². The molecule has 0 fully saturated rings. The Hall–Kier alpha value is -1.94. The van der Waals surface area contributed by atoms with E-state index in [1.54, 1.807) is 35.0 Å². The molecule has 100 valence electrons. The highest BCUT2D eigenvalue weighted by molar-refractivity contribution is 6.31. The molecule has 0 unspecified atom stereocenters. The molecule has 0 amide bonds. The summed E-state index contributed by atoms with van der Waals surface area (Å²) in [4.78, 5) is 13.6. The van der Waals surface area contributed by atoms with Gasteiger partial charge >= 0.3 is 0 Å². The van der Waals surface area contributed by atoms with Crippen molar-refractivity contribution >= 4 is 23.0 Å². The van der Waals surface area contributed by atoms with E-state index in [-0.39, 0.29) is 5.56 Å². The summed E-state index contributed by atoms with van der Waals surface area (Å²) in [6, 6.07) is 10.5. The largest absolute Gasteiger partial charge is 0.397 e. The van der Waals surface area contributed by atoms with Crippen LogP contribution < -0.4 is 16.2 Å². The molecule has 1 aromatic heterocycles. The second-order valence-corrected chi connectivity index (χ2v) is 4.79. The van der Waals surface area contributed by atoms with Crippen LogP contribution >= 0.6 is 11.6 Å². The van der Waals surface area contributed by atoms with E-state index >= 15 is 0 Å². The number of nitrogens with zero attached hydrogens (tertiary/aromatic N) is 2. The van der Waals surface area contributed by atoms with Gasteiger partial charge in [-0.1, -0.05) is 17.7 Å². The first kappa shape index (κ1) is 13.5. The summed E-state index contributed by atoms with van der Waals surface area (Å²) < 4.78 is 1.66. The molecule has 0 saturated heterocycles. The van der Waals surface area contributed by atoms with Crippen molar-refractivity contribution in [2.45, 2.75) is 6.54 Å². The van der Waals surface area contributed by atoms with Gasteiger partial charge in [-0.2, -0.15) is 0 Å². The third-order valence-corrected chi connectivity index (χ3v) is 3.21. The van der Waals surface area contributed by atoms with Gasteiger partial charge in [0.2, 0.25) is 0 Å². The summed E-state index contributed by atoms with van der Waals surface area (Å²) >= 11 is 5.97. The Bertz CT molecular complexity index is 624. The van der Waals surface area contributed by atoms with E-state index in [1.165, 1.54) is 0 Å². The average Bonchev–Trinajstić information content (AvgIpc) is 2.40. The van der Waals surface area contributed by atoms with E-state index in [4.69, 9.17) is 17.3 Å². The molecule has 2 aromatic rings. The van der Waals surface area contributed by atoms with Crippen molar-refractivity contribution < 1.29 is 0 Å². The maximum atomic E-state index is 11.6. The molecule has 0 aliphatic carbocycles. The van der Waals surface area contributed by atoms with E-state index in [1.807, 2.05) is 24.1 Å². The highest BCUT2D eigenvalue weighted by Gasteiger charge is 2.06. The lowest BCUT2D eigenvalue weighted by atomic mass is 10.2. The third kappa shape index (κ3) is 3.29. The van der Waals surface area contributed by atoms with E-state index in [0.717, 1.165) is 5.69 Å². The van der Waals surface area contributed by atoms with Crippen LogP contribution in [-0.2, 0) is 6.54 Å². The molecule has 0 aliphatic heterocycles. The van der Waals surface area contributed by atoms with E-state index in [2.05, 4.69) is 0 Å². The van der Waals surface area contributed by atoms with Gasteiger partial charge < -0.3 is 15.2 Å². The lowest BCUT2D eigenvalue weighted by Gasteiger charge is -2.21. The van der Waals surface area contributed by atoms with Crippen LogP contribution in [0.25, 0.3) is 0 Å². The molecule has 1 heterocycles. The van der Waals surface area contributed by atoms with Crippen LogP contribution in [0.15, 0.2) is 47.4 Å². The third-order valence-electron chi connectivity index (χ3n) is 2.98. The van der Waals surface area contributed by atoms with Crippen molar-refractivity contribution in [3.8, 4) is 0 Å². The predicted molar refractivity (Wildman–Crippen MR) is 79.8 cm³/mol. The lowest BCUT2D eigenvalue weighted by molar-refractivity contribution is 0.661. The van der Waals surface area contributed by atoms with Crippen molar-refractivity contribution in [1.29, 1.82) is 0 Å². The monoisotopic (exact) mass is 277 g/mol.